The Balaban J connectivity index is 1.93. The number of benzene rings is 1. The van der Waals surface area contributed by atoms with Gasteiger partial charge in [-0.3, -0.25) is 4.79 Å². The van der Waals surface area contributed by atoms with Crippen molar-refractivity contribution in [2.75, 3.05) is 25.0 Å². The molecule has 0 bridgehead atoms. The number of anilines is 1. The Bertz CT molecular complexity index is 358. The van der Waals surface area contributed by atoms with Gasteiger partial charge in [-0.1, -0.05) is 0 Å². The third kappa shape index (κ3) is 2.71. The molecule has 1 aliphatic rings. The van der Waals surface area contributed by atoms with Crippen molar-refractivity contribution >= 4 is 11.6 Å². The molecule has 1 aliphatic heterocycles. The number of morpholine rings is 1. The molecule has 0 aromatic heterocycles. The van der Waals surface area contributed by atoms with Crippen LogP contribution in [0.3, 0.4) is 0 Å². The first-order valence-corrected chi connectivity index (χ1v) is 5.18. The molecule has 1 aromatic carbocycles. The molecule has 5 nitrogen and oxygen atoms in total. The molecule has 86 valence electrons. The number of ether oxygens (including phenoxy) is 1. The zero-order valence-electron chi connectivity index (χ0n) is 8.77. The molecule has 1 fully saturated rings. The van der Waals surface area contributed by atoms with Crippen LogP contribution in [0, 0.1) is 0 Å². The van der Waals surface area contributed by atoms with Gasteiger partial charge < -0.3 is 20.5 Å². The molecule has 1 aromatic rings. The molecule has 1 amide bonds. The van der Waals surface area contributed by atoms with Gasteiger partial charge in [0.05, 0.1) is 6.61 Å². The highest BCUT2D eigenvalue weighted by atomic mass is 16.5. The van der Waals surface area contributed by atoms with Crippen molar-refractivity contribution < 1.29 is 14.6 Å². The van der Waals surface area contributed by atoms with Crippen LogP contribution in [0.1, 0.15) is 0 Å². The largest absolute Gasteiger partial charge is 0.508 e. The number of aromatic hydroxyl groups is 1. The number of carbonyl (C=O) groups excluding carboxylic acids is 1. The predicted octanol–water partition coefficient (Wildman–Crippen LogP) is 0.319. The lowest BCUT2D eigenvalue weighted by Gasteiger charge is -2.22. The van der Waals surface area contributed by atoms with Gasteiger partial charge in [-0.25, -0.2) is 0 Å². The van der Waals surface area contributed by atoms with Crippen molar-refractivity contribution in [1.29, 1.82) is 0 Å². The van der Waals surface area contributed by atoms with Crippen LogP contribution in [0.15, 0.2) is 24.3 Å². The van der Waals surface area contributed by atoms with Gasteiger partial charge in [0, 0.05) is 18.8 Å². The summed E-state index contributed by atoms with van der Waals surface area (Å²) in [4.78, 5) is 11.7. The van der Waals surface area contributed by atoms with E-state index in [4.69, 9.17) is 9.84 Å². The smallest absolute Gasteiger partial charge is 0.254 e. The zero-order valence-corrected chi connectivity index (χ0v) is 8.77. The van der Waals surface area contributed by atoms with Gasteiger partial charge in [0.25, 0.3) is 5.91 Å². The maximum atomic E-state index is 11.7. The number of amides is 1. The van der Waals surface area contributed by atoms with Gasteiger partial charge in [0.1, 0.15) is 11.9 Å². The van der Waals surface area contributed by atoms with E-state index in [9.17, 15) is 4.79 Å². The van der Waals surface area contributed by atoms with Gasteiger partial charge in [-0.15, -0.1) is 0 Å². The standard InChI is InChI=1S/C11H14N2O3/c14-9-3-1-8(2-4-9)13-11(15)10-7-12-5-6-16-10/h1-4,10,12,14H,5-7H2,(H,13,15). The summed E-state index contributed by atoms with van der Waals surface area (Å²) in [7, 11) is 0. The molecular weight excluding hydrogens is 208 g/mol. The van der Waals surface area contributed by atoms with Crippen LogP contribution in [-0.2, 0) is 9.53 Å². The Kier molecular flexibility index (Phi) is 3.38. The van der Waals surface area contributed by atoms with Gasteiger partial charge in [0.15, 0.2) is 0 Å². The average Bonchev–Trinajstić information content (AvgIpc) is 2.33. The fraction of sp³-hybridized carbons (Fsp3) is 0.364. The minimum Gasteiger partial charge on any atom is -0.508 e. The summed E-state index contributed by atoms with van der Waals surface area (Å²) in [6.07, 6.45) is -0.442. The summed E-state index contributed by atoms with van der Waals surface area (Å²) in [5, 5.41) is 14.9. The van der Waals surface area contributed by atoms with E-state index in [1.165, 1.54) is 12.1 Å². The SMILES string of the molecule is O=C(Nc1ccc(O)cc1)C1CNCCO1. The van der Waals surface area contributed by atoms with Gasteiger partial charge in [-0.05, 0) is 24.3 Å². The van der Waals surface area contributed by atoms with Gasteiger partial charge in [-0.2, -0.15) is 0 Å². The minimum atomic E-state index is -0.442. The molecule has 0 spiro atoms. The molecule has 1 unspecified atom stereocenters. The molecule has 1 atom stereocenters. The maximum absolute atomic E-state index is 11.7. The first-order valence-electron chi connectivity index (χ1n) is 5.18. The molecule has 0 aliphatic carbocycles. The number of carbonyl (C=O) groups is 1. The van der Waals surface area contributed by atoms with Crippen LogP contribution in [0.5, 0.6) is 5.75 Å². The van der Waals surface area contributed by atoms with E-state index in [1.54, 1.807) is 12.1 Å². The minimum absolute atomic E-state index is 0.169. The normalized spacial score (nSPS) is 20.4. The highest BCUT2D eigenvalue weighted by Crippen LogP contribution is 2.14. The molecular formula is C11H14N2O3. The lowest BCUT2D eigenvalue weighted by atomic mass is 10.2. The summed E-state index contributed by atoms with van der Waals surface area (Å²) in [6.45, 7) is 1.86. The predicted molar refractivity (Wildman–Crippen MR) is 59.3 cm³/mol. The van der Waals surface area contributed by atoms with Gasteiger partial charge in [0.2, 0.25) is 0 Å². The van der Waals surface area contributed by atoms with Crippen LogP contribution in [-0.4, -0.2) is 36.8 Å². The Morgan fingerprint density at radius 3 is 2.81 bits per heavy atom. The first kappa shape index (κ1) is 10.9. The number of phenols is 1. The van der Waals surface area contributed by atoms with Crippen molar-refractivity contribution in [1.82, 2.24) is 5.32 Å². The molecule has 3 N–H and O–H groups in total. The Hall–Kier alpha value is -1.59. The van der Waals surface area contributed by atoms with Crippen molar-refractivity contribution in [3.05, 3.63) is 24.3 Å². The highest BCUT2D eigenvalue weighted by Gasteiger charge is 2.21. The van der Waals surface area contributed by atoms with Crippen molar-refractivity contribution in [2.45, 2.75) is 6.10 Å². The lowest BCUT2D eigenvalue weighted by Crippen LogP contribution is -2.45. The Morgan fingerprint density at radius 2 is 2.19 bits per heavy atom. The van der Waals surface area contributed by atoms with Crippen LogP contribution in [0.4, 0.5) is 5.69 Å². The van der Waals surface area contributed by atoms with Crippen molar-refractivity contribution in [2.24, 2.45) is 0 Å². The number of nitrogens with one attached hydrogen (secondary N) is 2. The zero-order chi connectivity index (χ0) is 11.4. The second-order valence-electron chi connectivity index (χ2n) is 3.60. The topological polar surface area (TPSA) is 70.6 Å². The molecule has 1 saturated heterocycles. The van der Waals surface area contributed by atoms with Crippen LogP contribution < -0.4 is 10.6 Å². The van der Waals surface area contributed by atoms with E-state index >= 15 is 0 Å². The van der Waals surface area contributed by atoms with E-state index in [2.05, 4.69) is 10.6 Å². The molecule has 2 rings (SSSR count). The second-order valence-corrected chi connectivity index (χ2v) is 3.60. The first-order chi connectivity index (χ1) is 7.75. The molecule has 0 saturated carbocycles. The number of hydrogen-bond acceptors (Lipinski definition) is 4. The summed E-state index contributed by atoms with van der Waals surface area (Å²) < 4.78 is 5.31. The maximum Gasteiger partial charge on any atom is 0.254 e. The van der Waals surface area contributed by atoms with E-state index in [1.807, 2.05) is 0 Å². The summed E-state index contributed by atoms with van der Waals surface area (Å²) in [5.74, 6) is 0.00599. The monoisotopic (exact) mass is 222 g/mol. The Morgan fingerprint density at radius 1 is 1.44 bits per heavy atom. The van der Waals surface area contributed by atoms with Crippen molar-refractivity contribution in [3.8, 4) is 5.75 Å². The van der Waals surface area contributed by atoms with Gasteiger partial charge >= 0.3 is 0 Å². The van der Waals surface area contributed by atoms with E-state index < -0.39 is 6.10 Å². The summed E-state index contributed by atoms with van der Waals surface area (Å²) in [6, 6.07) is 6.33. The summed E-state index contributed by atoms with van der Waals surface area (Å²) in [5.41, 5.74) is 0.650. The van der Waals surface area contributed by atoms with E-state index in [-0.39, 0.29) is 11.7 Å². The highest BCUT2D eigenvalue weighted by molar-refractivity contribution is 5.94. The fourth-order valence-electron chi connectivity index (χ4n) is 1.50. The average molecular weight is 222 g/mol. The second kappa shape index (κ2) is 4.96. The number of rotatable bonds is 2. The molecule has 0 radical (unpaired) electrons. The molecule has 5 heteroatoms. The number of hydrogen-bond donors (Lipinski definition) is 3. The third-order valence-corrected chi connectivity index (χ3v) is 2.35. The lowest BCUT2D eigenvalue weighted by molar-refractivity contribution is -0.128. The Labute approximate surface area is 93.4 Å². The molecule has 1 heterocycles. The van der Waals surface area contributed by atoms with Crippen LogP contribution >= 0.6 is 0 Å². The quantitative estimate of drug-likeness (QED) is 0.630. The van der Waals surface area contributed by atoms with E-state index in [0.717, 1.165) is 6.54 Å². The van der Waals surface area contributed by atoms with E-state index in [0.29, 0.717) is 18.8 Å². The molecule has 16 heavy (non-hydrogen) atoms. The summed E-state index contributed by atoms with van der Waals surface area (Å²) >= 11 is 0. The van der Waals surface area contributed by atoms with Crippen molar-refractivity contribution in [3.63, 3.8) is 0 Å². The number of phenolic OH excluding ortho intramolecular Hbond substituents is 1. The fourth-order valence-corrected chi connectivity index (χ4v) is 1.50. The van der Waals surface area contributed by atoms with Crippen LogP contribution in [0.2, 0.25) is 0 Å². The van der Waals surface area contributed by atoms with Crippen LogP contribution in [0.25, 0.3) is 0 Å². The third-order valence-electron chi connectivity index (χ3n) is 2.35.